The van der Waals surface area contributed by atoms with Crippen molar-refractivity contribution in [1.82, 2.24) is 0 Å². The van der Waals surface area contributed by atoms with Crippen LogP contribution >= 0.6 is 0 Å². The molecule has 0 heterocycles. The number of hydrogen-bond donors (Lipinski definition) is 1. The molecule has 0 saturated carbocycles. The van der Waals surface area contributed by atoms with Gasteiger partial charge < -0.3 is 4.74 Å². The van der Waals surface area contributed by atoms with Crippen LogP contribution in [0.4, 0.5) is 0 Å². The van der Waals surface area contributed by atoms with Gasteiger partial charge in [-0.15, -0.1) is 0 Å². The first-order valence-electron chi connectivity index (χ1n) is 16.5. The molecule has 0 fully saturated rings. The van der Waals surface area contributed by atoms with Crippen molar-refractivity contribution < 1.29 is 50.1 Å². The zero-order valence-corrected chi connectivity index (χ0v) is 26.1. The molecule has 0 bridgehead atoms. The first kappa shape index (κ1) is 38.7. The molecule has 1 aromatic rings. The van der Waals surface area contributed by atoms with Crippen LogP contribution < -0.4 is 4.74 Å². The van der Waals surface area contributed by atoms with Gasteiger partial charge in [-0.25, -0.2) is 10.1 Å². The average Bonchev–Trinajstić information content (AvgIpc) is 3.01. The number of rotatable bonds is 34. The Morgan fingerprint density at radius 1 is 0.500 bits per heavy atom. The zero-order chi connectivity index (χ0) is 30.0. The fourth-order valence-corrected chi connectivity index (χ4v) is 5.00. The van der Waals surface area contributed by atoms with Gasteiger partial charge in [0.25, 0.3) is 0 Å². The Hall–Kier alpha value is -1.34. The molecule has 1 unspecified atom stereocenters. The number of unbranched alkanes of at least 4 members (excludes halogenated alkanes) is 19. The minimum Gasteiger partial charge on any atom is -0.494 e. The lowest BCUT2D eigenvalue weighted by Crippen LogP contribution is -2.14. The van der Waals surface area contributed by atoms with Crippen molar-refractivity contribution in [2.45, 2.75) is 161 Å². The van der Waals surface area contributed by atoms with Crippen LogP contribution in [-0.2, 0) is 40.2 Å². The predicted octanol–water partition coefficient (Wildman–Crippen LogP) is 10.4. The standard InChI is InChI=1S/C32H58O10/c1-2-3-4-5-17-21-28-32(35-37-39-41-42-40-38-36-33)29-22-18-15-13-11-9-7-6-8-10-12-14-16-19-25-30-34-31-26-23-20-24-27-31/h20,23-24,26-27,32-33H,2-19,21-22,25,28-30H2,1H3. The molecular weight excluding hydrogens is 544 g/mol. The van der Waals surface area contributed by atoms with Crippen LogP contribution in [0.2, 0.25) is 0 Å². The lowest BCUT2D eigenvalue weighted by atomic mass is 10.0. The summed E-state index contributed by atoms with van der Waals surface area (Å²) in [4.78, 5) is 5.31. The van der Waals surface area contributed by atoms with Crippen LogP contribution in [0.5, 0.6) is 5.75 Å². The lowest BCUT2D eigenvalue weighted by Gasteiger charge is -2.15. The first-order valence-corrected chi connectivity index (χ1v) is 16.5. The summed E-state index contributed by atoms with van der Waals surface area (Å²) in [5.41, 5.74) is 0. The van der Waals surface area contributed by atoms with Gasteiger partial charge in [-0.1, -0.05) is 154 Å². The van der Waals surface area contributed by atoms with E-state index in [1.807, 2.05) is 30.3 Å². The van der Waals surface area contributed by atoms with E-state index in [2.05, 4.69) is 42.2 Å². The molecule has 0 amide bonds. The van der Waals surface area contributed by atoms with Crippen molar-refractivity contribution in [2.24, 2.45) is 0 Å². The van der Waals surface area contributed by atoms with E-state index < -0.39 is 0 Å². The smallest absolute Gasteiger partial charge is 0.119 e. The maximum Gasteiger partial charge on any atom is 0.119 e. The lowest BCUT2D eigenvalue weighted by molar-refractivity contribution is -0.831. The van der Waals surface area contributed by atoms with E-state index in [1.54, 1.807) is 0 Å². The second kappa shape index (κ2) is 32.6. The van der Waals surface area contributed by atoms with E-state index >= 15 is 0 Å². The maximum atomic E-state index is 7.87. The molecule has 42 heavy (non-hydrogen) atoms. The van der Waals surface area contributed by atoms with E-state index in [-0.39, 0.29) is 6.10 Å². The molecule has 0 radical (unpaired) electrons. The Balaban J connectivity index is 1.89. The zero-order valence-electron chi connectivity index (χ0n) is 26.1. The molecule has 0 aliphatic rings. The van der Waals surface area contributed by atoms with Crippen LogP contribution in [0, 0.1) is 0 Å². The fraction of sp³-hybridized carbons (Fsp3) is 0.812. The Morgan fingerprint density at radius 2 is 0.929 bits per heavy atom. The van der Waals surface area contributed by atoms with Crippen molar-refractivity contribution in [3.05, 3.63) is 30.3 Å². The molecule has 0 spiro atoms. The molecule has 0 aromatic heterocycles. The summed E-state index contributed by atoms with van der Waals surface area (Å²) in [6.45, 7) is 3.05. The molecule has 1 rings (SSSR count). The summed E-state index contributed by atoms with van der Waals surface area (Å²) in [6, 6.07) is 10.1. The van der Waals surface area contributed by atoms with Crippen molar-refractivity contribution in [2.75, 3.05) is 6.61 Å². The highest BCUT2D eigenvalue weighted by Gasteiger charge is 2.12. The Bertz CT molecular complexity index is 637. The normalized spacial score (nSPS) is 12.1. The third-order valence-electron chi connectivity index (χ3n) is 7.41. The van der Waals surface area contributed by atoms with Gasteiger partial charge in [-0.3, -0.25) is 0 Å². The van der Waals surface area contributed by atoms with Crippen molar-refractivity contribution in [1.29, 1.82) is 0 Å². The Kier molecular flexibility index (Phi) is 30.0. The van der Waals surface area contributed by atoms with Crippen LogP contribution in [-0.4, -0.2) is 18.0 Å². The van der Waals surface area contributed by atoms with Gasteiger partial charge in [0.1, 0.15) is 5.75 Å². The molecule has 246 valence electrons. The molecular formula is C32H58O10. The fourth-order valence-electron chi connectivity index (χ4n) is 5.00. The SMILES string of the molecule is CCCCCCCCC(CCCCCCCCCCCCCCCCCOc1ccccc1)OOOOOOOOO. The third-order valence-corrected chi connectivity index (χ3v) is 7.41. The number of benzene rings is 1. The largest absolute Gasteiger partial charge is 0.494 e. The molecule has 10 heteroatoms. The Morgan fingerprint density at radius 3 is 1.43 bits per heavy atom. The minimum atomic E-state index is -0.0913. The van der Waals surface area contributed by atoms with E-state index in [0.29, 0.717) is 0 Å². The topological polar surface area (TPSA) is 103 Å². The molecule has 0 aliphatic carbocycles. The molecule has 0 saturated heterocycles. The van der Waals surface area contributed by atoms with Crippen LogP contribution in [0.15, 0.2) is 30.3 Å². The first-order chi connectivity index (χ1) is 20.9. The van der Waals surface area contributed by atoms with Gasteiger partial charge in [0, 0.05) is 0 Å². The van der Waals surface area contributed by atoms with Crippen LogP contribution in [0.3, 0.4) is 0 Å². The summed E-state index contributed by atoms with van der Waals surface area (Å²) in [7, 11) is 0. The second-order valence-corrected chi connectivity index (χ2v) is 11.0. The summed E-state index contributed by atoms with van der Waals surface area (Å²) in [5.74, 6) is 0.976. The quantitative estimate of drug-likeness (QED) is 0.0465. The minimum absolute atomic E-state index is 0.0913. The van der Waals surface area contributed by atoms with E-state index in [4.69, 9.17) is 14.9 Å². The van der Waals surface area contributed by atoms with Crippen LogP contribution in [0.25, 0.3) is 0 Å². The van der Waals surface area contributed by atoms with Gasteiger partial charge >= 0.3 is 0 Å². The van der Waals surface area contributed by atoms with Crippen molar-refractivity contribution in [3.63, 3.8) is 0 Å². The summed E-state index contributed by atoms with van der Waals surface area (Å²) in [5, 5.41) is 35.0. The molecule has 1 atom stereocenters. The summed E-state index contributed by atoms with van der Waals surface area (Å²) < 4.78 is 5.75. The second-order valence-electron chi connectivity index (χ2n) is 11.0. The van der Waals surface area contributed by atoms with Gasteiger partial charge in [0.15, 0.2) is 0 Å². The summed E-state index contributed by atoms with van der Waals surface area (Å²) in [6.07, 6.45) is 28.4. The highest BCUT2D eigenvalue weighted by molar-refractivity contribution is 5.20. The molecule has 10 nitrogen and oxygen atoms in total. The van der Waals surface area contributed by atoms with Crippen molar-refractivity contribution >= 4 is 0 Å². The van der Waals surface area contributed by atoms with Gasteiger partial charge in [-0.2, -0.15) is 0 Å². The number of hydrogen-bond acceptors (Lipinski definition) is 10. The molecule has 0 aliphatic heterocycles. The van der Waals surface area contributed by atoms with Gasteiger partial charge in [0.05, 0.1) is 12.7 Å². The average molecular weight is 603 g/mol. The maximum absolute atomic E-state index is 7.87. The number of ether oxygens (including phenoxy) is 1. The third kappa shape index (κ3) is 27.5. The predicted molar refractivity (Wildman–Crippen MR) is 159 cm³/mol. The highest BCUT2D eigenvalue weighted by Crippen LogP contribution is 2.18. The van der Waals surface area contributed by atoms with E-state index in [9.17, 15) is 0 Å². The van der Waals surface area contributed by atoms with Gasteiger partial charge in [-0.05, 0) is 66.7 Å². The highest BCUT2D eigenvalue weighted by atomic mass is 17.9. The van der Waals surface area contributed by atoms with Crippen LogP contribution in [0.1, 0.15) is 155 Å². The molecule has 1 aromatic carbocycles. The summed E-state index contributed by atoms with van der Waals surface area (Å²) >= 11 is 0. The molecule has 1 N–H and O–H groups in total. The van der Waals surface area contributed by atoms with Crippen molar-refractivity contribution in [3.8, 4) is 5.75 Å². The van der Waals surface area contributed by atoms with Gasteiger partial charge in [0.2, 0.25) is 0 Å². The van der Waals surface area contributed by atoms with E-state index in [1.165, 1.54) is 116 Å². The number of para-hydroxylation sites is 1. The monoisotopic (exact) mass is 602 g/mol. The Labute approximate surface area is 253 Å². The van der Waals surface area contributed by atoms with E-state index in [0.717, 1.165) is 44.5 Å².